The zero-order valence-electron chi connectivity index (χ0n) is 20.4. The van der Waals surface area contributed by atoms with E-state index in [1.165, 1.54) is 5.56 Å². The van der Waals surface area contributed by atoms with Crippen LogP contribution in [0.3, 0.4) is 0 Å². The number of aryl methyl sites for hydroxylation is 1. The van der Waals surface area contributed by atoms with Crippen LogP contribution in [-0.2, 0) is 5.41 Å². The SMILES string of the molecule is Cc1cn(-c2cccc3[nH]c(C4(C)CNc5ccc(-c6cncc(NC(C)C)c6)cc54)nc23)cn1. The van der Waals surface area contributed by atoms with Crippen molar-refractivity contribution in [2.75, 3.05) is 17.2 Å². The van der Waals surface area contributed by atoms with Crippen LogP contribution in [0.2, 0.25) is 0 Å². The number of hydrogen-bond acceptors (Lipinski definition) is 5. The summed E-state index contributed by atoms with van der Waals surface area (Å²) < 4.78 is 2.04. The van der Waals surface area contributed by atoms with Crippen LogP contribution in [-0.4, -0.2) is 37.1 Å². The minimum Gasteiger partial charge on any atom is -0.383 e. The van der Waals surface area contributed by atoms with Gasteiger partial charge in [-0.05, 0) is 69.2 Å². The Labute approximate surface area is 204 Å². The number of hydrogen-bond donors (Lipinski definition) is 3. The predicted molar refractivity (Wildman–Crippen MR) is 141 cm³/mol. The van der Waals surface area contributed by atoms with Crippen molar-refractivity contribution < 1.29 is 0 Å². The van der Waals surface area contributed by atoms with E-state index in [1.807, 2.05) is 36.4 Å². The molecule has 5 aromatic rings. The van der Waals surface area contributed by atoms with E-state index in [1.54, 1.807) is 0 Å². The van der Waals surface area contributed by atoms with Crippen LogP contribution in [0.15, 0.2) is 67.4 Å². The van der Waals surface area contributed by atoms with Crippen molar-refractivity contribution in [3.05, 3.63) is 84.5 Å². The van der Waals surface area contributed by atoms with Gasteiger partial charge in [0.2, 0.25) is 0 Å². The average molecular weight is 464 g/mol. The van der Waals surface area contributed by atoms with Crippen molar-refractivity contribution in [2.24, 2.45) is 0 Å². The summed E-state index contributed by atoms with van der Waals surface area (Å²) in [4.78, 5) is 17.6. The van der Waals surface area contributed by atoms with Gasteiger partial charge in [-0.1, -0.05) is 12.1 Å². The maximum absolute atomic E-state index is 5.13. The summed E-state index contributed by atoms with van der Waals surface area (Å²) in [6.45, 7) is 9.29. The fourth-order valence-electron chi connectivity index (χ4n) is 4.96. The molecule has 0 aliphatic carbocycles. The van der Waals surface area contributed by atoms with Crippen LogP contribution in [0.5, 0.6) is 0 Å². The van der Waals surface area contributed by atoms with Crippen molar-refractivity contribution in [3.8, 4) is 16.8 Å². The van der Waals surface area contributed by atoms with Gasteiger partial charge in [0.1, 0.15) is 11.3 Å². The third-order valence-corrected chi connectivity index (χ3v) is 6.78. The van der Waals surface area contributed by atoms with Gasteiger partial charge in [0.15, 0.2) is 0 Å². The van der Waals surface area contributed by atoms with Gasteiger partial charge in [-0.3, -0.25) is 4.98 Å². The van der Waals surface area contributed by atoms with Gasteiger partial charge >= 0.3 is 0 Å². The zero-order valence-corrected chi connectivity index (χ0v) is 20.4. The van der Waals surface area contributed by atoms with Gasteiger partial charge in [0.25, 0.3) is 0 Å². The van der Waals surface area contributed by atoms with Crippen molar-refractivity contribution in [1.82, 2.24) is 24.5 Å². The van der Waals surface area contributed by atoms with Crippen molar-refractivity contribution >= 4 is 22.4 Å². The maximum Gasteiger partial charge on any atom is 0.119 e. The highest BCUT2D eigenvalue weighted by Crippen LogP contribution is 2.43. The van der Waals surface area contributed by atoms with Crippen LogP contribution in [0.1, 0.15) is 37.9 Å². The van der Waals surface area contributed by atoms with Crippen LogP contribution >= 0.6 is 0 Å². The molecule has 1 unspecified atom stereocenters. The van der Waals surface area contributed by atoms with E-state index in [0.717, 1.165) is 57.3 Å². The van der Waals surface area contributed by atoms with Gasteiger partial charge < -0.3 is 20.2 Å². The Bertz CT molecular complexity index is 1540. The first kappa shape index (κ1) is 21.4. The zero-order chi connectivity index (χ0) is 24.2. The van der Waals surface area contributed by atoms with Gasteiger partial charge in [-0.15, -0.1) is 0 Å². The second kappa shape index (κ2) is 7.98. The minimum absolute atomic E-state index is 0.298. The number of nitrogens with one attached hydrogen (secondary N) is 3. The quantitative estimate of drug-likeness (QED) is 0.313. The molecule has 1 aliphatic rings. The van der Waals surface area contributed by atoms with E-state index in [2.05, 4.69) is 88.8 Å². The lowest BCUT2D eigenvalue weighted by atomic mass is 9.82. The van der Waals surface area contributed by atoms with Crippen LogP contribution in [0, 0.1) is 6.92 Å². The molecule has 4 heterocycles. The van der Waals surface area contributed by atoms with Gasteiger partial charge in [-0.2, -0.15) is 0 Å². The molecule has 3 aromatic heterocycles. The van der Waals surface area contributed by atoms with E-state index < -0.39 is 0 Å². The molecule has 6 rings (SSSR count). The Morgan fingerprint density at radius 1 is 1.09 bits per heavy atom. The lowest BCUT2D eigenvalue weighted by Crippen LogP contribution is -2.27. The van der Waals surface area contributed by atoms with E-state index in [0.29, 0.717) is 6.04 Å². The Morgan fingerprint density at radius 3 is 2.77 bits per heavy atom. The minimum atomic E-state index is -0.298. The summed E-state index contributed by atoms with van der Waals surface area (Å²) in [6.07, 6.45) is 7.67. The van der Waals surface area contributed by atoms with Crippen LogP contribution < -0.4 is 10.6 Å². The molecule has 1 aliphatic heterocycles. The van der Waals surface area contributed by atoms with Crippen LogP contribution in [0.25, 0.3) is 27.8 Å². The number of imidazole rings is 2. The number of aromatic amines is 1. The smallest absolute Gasteiger partial charge is 0.119 e. The summed E-state index contributed by atoms with van der Waals surface area (Å²) in [5.74, 6) is 0.952. The molecule has 0 amide bonds. The molecule has 1 atom stereocenters. The molecule has 0 saturated carbocycles. The molecule has 7 heteroatoms. The third kappa shape index (κ3) is 3.64. The summed E-state index contributed by atoms with van der Waals surface area (Å²) >= 11 is 0. The highest BCUT2D eigenvalue weighted by atomic mass is 15.1. The lowest BCUT2D eigenvalue weighted by molar-refractivity contribution is 0.597. The number of anilines is 2. The maximum atomic E-state index is 5.13. The summed E-state index contributed by atoms with van der Waals surface area (Å²) in [5.41, 5.74) is 9.31. The van der Waals surface area contributed by atoms with E-state index in [9.17, 15) is 0 Å². The molecule has 35 heavy (non-hydrogen) atoms. The Kier molecular flexibility index (Phi) is 4.88. The Balaban J connectivity index is 1.43. The van der Waals surface area contributed by atoms with Gasteiger partial charge in [-0.25, -0.2) is 9.97 Å². The lowest BCUT2D eigenvalue weighted by Gasteiger charge is -2.22. The van der Waals surface area contributed by atoms with E-state index in [-0.39, 0.29) is 5.41 Å². The van der Waals surface area contributed by atoms with E-state index >= 15 is 0 Å². The number of aromatic nitrogens is 5. The number of para-hydroxylation sites is 1. The molecule has 0 saturated heterocycles. The predicted octanol–water partition coefficient (Wildman–Crippen LogP) is 5.67. The van der Waals surface area contributed by atoms with Crippen molar-refractivity contribution in [2.45, 2.75) is 39.2 Å². The average Bonchev–Trinajstić information content (AvgIpc) is 3.56. The molecule has 0 spiro atoms. The Morgan fingerprint density at radius 2 is 1.97 bits per heavy atom. The number of rotatable bonds is 5. The van der Waals surface area contributed by atoms with Crippen molar-refractivity contribution in [1.29, 1.82) is 0 Å². The Hall–Kier alpha value is -4.13. The molecule has 3 N–H and O–H groups in total. The highest BCUT2D eigenvalue weighted by Gasteiger charge is 2.39. The number of benzene rings is 2. The first-order valence-electron chi connectivity index (χ1n) is 12.0. The molecule has 0 radical (unpaired) electrons. The standard InChI is InChI=1S/C28H29N7/c1-17(2)32-21-10-20(12-29-13-21)19-8-9-23-22(11-19)28(4,15-30-23)27-33-24-6-5-7-25(26(24)34-27)35-14-18(3)31-16-35/h5-14,16-17,30,32H,15H2,1-4H3,(H,33,34). The molecular formula is C28H29N7. The molecule has 176 valence electrons. The number of fused-ring (bicyclic) bond motifs is 2. The topological polar surface area (TPSA) is 83.5 Å². The van der Waals surface area contributed by atoms with Crippen LogP contribution in [0.4, 0.5) is 11.4 Å². The van der Waals surface area contributed by atoms with Crippen molar-refractivity contribution in [3.63, 3.8) is 0 Å². The van der Waals surface area contributed by atoms with Gasteiger partial charge in [0, 0.05) is 42.4 Å². The fraction of sp³-hybridized carbons (Fsp3) is 0.250. The molecule has 7 nitrogen and oxygen atoms in total. The first-order valence-corrected chi connectivity index (χ1v) is 12.0. The molecule has 0 fully saturated rings. The molecule has 0 bridgehead atoms. The third-order valence-electron chi connectivity index (χ3n) is 6.78. The summed E-state index contributed by atoms with van der Waals surface area (Å²) in [6, 6.07) is 15.3. The molecular weight excluding hydrogens is 434 g/mol. The summed E-state index contributed by atoms with van der Waals surface area (Å²) in [7, 11) is 0. The number of pyridine rings is 1. The fourth-order valence-corrected chi connectivity index (χ4v) is 4.96. The number of nitrogens with zero attached hydrogens (tertiary/aromatic N) is 4. The second-order valence-corrected chi connectivity index (χ2v) is 9.89. The monoisotopic (exact) mass is 463 g/mol. The second-order valence-electron chi connectivity index (χ2n) is 9.89. The normalized spacial score (nSPS) is 17.1. The first-order chi connectivity index (χ1) is 16.9. The highest BCUT2D eigenvalue weighted by molar-refractivity contribution is 5.85. The summed E-state index contributed by atoms with van der Waals surface area (Å²) in [5, 5.41) is 7.04. The van der Waals surface area contributed by atoms with E-state index in [4.69, 9.17) is 4.98 Å². The molecule has 2 aromatic carbocycles. The van der Waals surface area contributed by atoms with Gasteiger partial charge in [0.05, 0.1) is 34.3 Å². The number of H-pyrrole nitrogens is 1. The largest absolute Gasteiger partial charge is 0.383 e.